The zero-order chi connectivity index (χ0) is 9.52. The summed E-state index contributed by atoms with van der Waals surface area (Å²) in [6.07, 6.45) is 4.19. The lowest BCUT2D eigenvalue weighted by atomic mass is 10.2. The third-order valence-electron chi connectivity index (χ3n) is 2.32. The minimum absolute atomic E-state index is 0.312. The lowest BCUT2D eigenvalue weighted by Crippen LogP contribution is -2.08. The highest BCUT2D eigenvalue weighted by Gasteiger charge is 2.14. The molecule has 1 N–H and O–H groups in total. The molecule has 0 aromatic rings. The minimum atomic E-state index is 0.312. The number of thioether (sulfide) groups is 1. The van der Waals surface area contributed by atoms with Gasteiger partial charge in [-0.2, -0.15) is 11.8 Å². The van der Waals surface area contributed by atoms with Gasteiger partial charge >= 0.3 is 0 Å². The van der Waals surface area contributed by atoms with Crippen molar-refractivity contribution in [2.75, 3.05) is 24.7 Å². The topological polar surface area (TPSA) is 29.5 Å². The predicted octanol–water partition coefficient (Wildman–Crippen LogP) is 1.92. The molecule has 0 spiro atoms. The zero-order valence-electron chi connectivity index (χ0n) is 8.37. The maximum atomic E-state index is 8.81. The average Bonchev–Trinajstić information content (AvgIpc) is 2.64. The van der Waals surface area contributed by atoms with Crippen molar-refractivity contribution < 1.29 is 9.84 Å². The molecule has 0 saturated carbocycles. The molecule has 1 heterocycles. The van der Waals surface area contributed by atoms with Crippen molar-refractivity contribution in [1.82, 2.24) is 0 Å². The molecule has 78 valence electrons. The monoisotopic (exact) mass is 204 g/mol. The highest BCUT2D eigenvalue weighted by molar-refractivity contribution is 7.99. The fraction of sp³-hybridized carbons (Fsp3) is 1.00. The maximum Gasteiger partial charge on any atom is 0.0583 e. The van der Waals surface area contributed by atoms with E-state index in [4.69, 9.17) is 9.84 Å². The van der Waals surface area contributed by atoms with Crippen molar-refractivity contribution in [2.24, 2.45) is 5.92 Å². The van der Waals surface area contributed by atoms with E-state index in [9.17, 15) is 0 Å². The summed E-state index contributed by atoms with van der Waals surface area (Å²) in [5.74, 6) is 2.69. The van der Waals surface area contributed by atoms with E-state index < -0.39 is 0 Å². The van der Waals surface area contributed by atoms with Gasteiger partial charge in [0.1, 0.15) is 0 Å². The molecule has 1 aliphatic heterocycles. The molecule has 2 nitrogen and oxygen atoms in total. The SMILES string of the molecule is CC(CO)CSCCC1CCCO1. The highest BCUT2D eigenvalue weighted by Crippen LogP contribution is 2.18. The van der Waals surface area contributed by atoms with E-state index in [1.807, 2.05) is 11.8 Å². The van der Waals surface area contributed by atoms with Gasteiger partial charge in [0, 0.05) is 13.2 Å². The van der Waals surface area contributed by atoms with E-state index in [0.29, 0.717) is 18.6 Å². The molecule has 0 radical (unpaired) electrons. The molecule has 1 rings (SSSR count). The van der Waals surface area contributed by atoms with Crippen LogP contribution in [0.1, 0.15) is 26.2 Å². The van der Waals surface area contributed by atoms with Crippen LogP contribution < -0.4 is 0 Å². The van der Waals surface area contributed by atoms with Crippen LogP contribution in [0.5, 0.6) is 0 Å². The number of hydrogen-bond acceptors (Lipinski definition) is 3. The van der Waals surface area contributed by atoms with Crippen LogP contribution in [-0.2, 0) is 4.74 Å². The Morgan fingerprint density at radius 3 is 3.08 bits per heavy atom. The van der Waals surface area contributed by atoms with Crippen LogP contribution in [0, 0.1) is 5.92 Å². The number of aliphatic hydroxyl groups excluding tert-OH is 1. The van der Waals surface area contributed by atoms with Crippen LogP contribution in [0.25, 0.3) is 0 Å². The Balaban J connectivity index is 1.88. The van der Waals surface area contributed by atoms with Gasteiger partial charge in [-0.3, -0.25) is 0 Å². The summed E-state index contributed by atoms with van der Waals surface area (Å²) in [6, 6.07) is 0. The summed E-state index contributed by atoms with van der Waals surface area (Å²) in [4.78, 5) is 0. The zero-order valence-corrected chi connectivity index (χ0v) is 9.18. The first-order chi connectivity index (χ1) is 6.33. The number of aliphatic hydroxyl groups is 1. The molecule has 13 heavy (non-hydrogen) atoms. The quantitative estimate of drug-likeness (QED) is 0.670. The van der Waals surface area contributed by atoms with Crippen LogP contribution in [0.15, 0.2) is 0 Å². The molecule has 0 bridgehead atoms. The molecule has 1 fully saturated rings. The highest BCUT2D eigenvalue weighted by atomic mass is 32.2. The Kier molecular flexibility index (Phi) is 5.83. The molecular formula is C10H20O2S. The number of rotatable bonds is 6. The summed E-state index contributed by atoms with van der Waals surface area (Å²) >= 11 is 1.93. The Hall–Kier alpha value is 0.270. The summed E-state index contributed by atoms with van der Waals surface area (Å²) in [6.45, 7) is 3.36. The van der Waals surface area contributed by atoms with Crippen molar-refractivity contribution in [3.05, 3.63) is 0 Å². The maximum absolute atomic E-state index is 8.81. The van der Waals surface area contributed by atoms with Gasteiger partial charge in [-0.15, -0.1) is 0 Å². The molecule has 1 aliphatic rings. The van der Waals surface area contributed by atoms with Gasteiger partial charge in [-0.1, -0.05) is 6.92 Å². The van der Waals surface area contributed by atoms with E-state index in [1.165, 1.54) is 25.0 Å². The van der Waals surface area contributed by atoms with E-state index in [-0.39, 0.29) is 0 Å². The van der Waals surface area contributed by atoms with Gasteiger partial charge in [0.15, 0.2) is 0 Å². The molecule has 2 unspecified atom stereocenters. The molecule has 0 amide bonds. The lowest BCUT2D eigenvalue weighted by molar-refractivity contribution is 0.109. The number of ether oxygens (including phenoxy) is 1. The smallest absolute Gasteiger partial charge is 0.0583 e. The van der Waals surface area contributed by atoms with E-state index >= 15 is 0 Å². The van der Waals surface area contributed by atoms with E-state index in [2.05, 4.69) is 6.92 Å². The first-order valence-electron chi connectivity index (χ1n) is 5.13. The first-order valence-corrected chi connectivity index (χ1v) is 6.28. The summed E-state index contributed by atoms with van der Waals surface area (Å²) in [5, 5.41) is 8.81. The lowest BCUT2D eigenvalue weighted by Gasteiger charge is -2.10. The normalized spacial score (nSPS) is 24.9. The van der Waals surface area contributed by atoms with Crippen molar-refractivity contribution in [3.63, 3.8) is 0 Å². The van der Waals surface area contributed by atoms with Crippen LogP contribution in [-0.4, -0.2) is 35.9 Å². The second-order valence-electron chi connectivity index (χ2n) is 3.79. The van der Waals surface area contributed by atoms with Crippen molar-refractivity contribution in [3.8, 4) is 0 Å². The van der Waals surface area contributed by atoms with Crippen molar-refractivity contribution >= 4 is 11.8 Å². The van der Waals surface area contributed by atoms with Crippen molar-refractivity contribution in [1.29, 1.82) is 0 Å². The first kappa shape index (κ1) is 11.3. The molecule has 2 atom stereocenters. The Morgan fingerprint density at radius 1 is 1.62 bits per heavy atom. The molecular weight excluding hydrogens is 184 g/mol. The van der Waals surface area contributed by atoms with Crippen LogP contribution >= 0.6 is 11.8 Å². The summed E-state index contributed by atoms with van der Waals surface area (Å²) in [5.41, 5.74) is 0. The Bertz CT molecular complexity index is 124. The number of hydrogen-bond donors (Lipinski definition) is 1. The molecule has 0 aromatic carbocycles. The summed E-state index contributed by atoms with van der Waals surface area (Å²) < 4.78 is 5.52. The van der Waals surface area contributed by atoms with Crippen LogP contribution in [0.2, 0.25) is 0 Å². The third-order valence-corrected chi connectivity index (χ3v) is 3.65. The standard InChI is InChI=1S/C10H20O2S/c1-9(7-11)8-13-6-4-10-3-2-5-12-10/h9-11H,2-8H2,1H3. The molecule has 0 aromatic heterocycles. The van der Waals surface area contributed by atoms with E-state index in [1.54, 1.807) is 0 Å². The largest absolute Gasteiger partial charge is 0.396 e. The van der Waals surface area contributed by atoms with Crippen LogP contribution in [0.3, 0.4) is 0 Å². The third kappa shape index (κ3) is 4.89. The van der Waals surface area contributed by atoms with Gasteiger partial charge in [0.05, 0.1) is 6.10 Å². The van der Waals surface area contributed by atoms with Crippen LogP contribution in [0.4, 0.5) is 0 Å². The van der Waals surface area contributed by atoms with Gasteiger partial charge < -0.3 is 9.84 Å². The summed E-state index contributed by atoms with van der Waals surface area (Å²) in [7, 11) is 0. The molecule has 1 saturated heterocycles. The fourth-order valence-electron chi connectivity index (χ4n) is 1.42. The Labute approximate surface area is 85.0 Å². The second kappa shape index (κ2) is 6.68. The molecule has 3 heteroatoms. The van der Waals surface area contributed by atoms with E-state index in [0.717, 1.165) is 12.4 Å². The second-order valence-corrected chi connectivity index (χ2v) is 4.94. The molecule has 0 aliphatic carbocycles. The van der Waals surface area contributed by atoms with Gasteiger partial charge in [0.2, 0.25) is 0 Å². The fourth-order valence-corrected chi connectivity index (χ4v) is 2.53. The van der Waals surface area contributed by atoms with Crippen molar-refractivity contribution in [2.45, 2.75) is 32.3 Å². The van der Waals surface area contributed by atoms with Gasteiger partial charge in [-0.05, 0) is 36.7 Å². The predicted molar refractivity (Wildman–Crippen MR) is 57.2 cm³/mol. The average molecular weight is 204 g/mol. The van der Waals surface area contributed by atoms with Gasteiger partial charge in [0.25, 0.3) is 0 Å². The Morgan fingerprint density at radius 2 is 2.46 bits per heavy atom. The van der Waals surface area contributed by atoms with Gasteiger partial charge in [-0.25, -0.2) is 0 Å². The minimum Gasteiger partial charge on any atom is -0.396 e.